The summed E-state index contributed by atoms with van der Waals surface area (Å²) in [4.78, 5) is 54.5. The molecule has 6 heteroatoms. The van der Waals surface area contributed by atoms with Crippen molar-refractivity contribution < 1.29 is 19.2 Å². The van der Waals surface area contributed by atoms with Crippen molar-refractivity contribution in [2.75, 3.05) is 6.54 Å². The van der Waals surface area contributed by atoms with Crippen molar-refractivity contribution in [1.82, 2.24) is 9.80 Å². The number of amides is 4. The van der Waals surface area contributed by atoms with E-state index in [-0.39, 0.29) is 47.4 Å². The van der Waals surface area contributed by atoms with Crippen molar-refractivity contribution in [2.45, 2.75) is 143 Å². The van der Waals surface area contributed by atoms with Gasteiger partial charge in [0.15, 0.2) is 0 Å². The summed E-state index contributed by atoms with van der Waals surface area (Å²) in [5, 5.41) is 0. The van der Waals surface area contributed by atoms with Crippen molar-refractivity contribution in [2.24, 2.45) is 29.6 Å². The lowest BCUT2D eigenvalue weighted by atomic mass is 9.61. The number of carbonyl (C=O) groups excluding carboxylic acids is 4. The average Bonchev–Trinajstić information content (AvgIpc) is 3.56. The second kappa shape index (κ2) is 20.5. The van der Waals surface area contributed by atoms with Crippen molar-refractivity contribution in [3.63, 3.8) is 0 Å². The Kier molecular flexibility index (Phi) is 16.8. The van der Waals surface area contributed by atoms with Gasteiger partial charge in [0, 0.05) is 36.9 Å². The first-order chi connectivity index (χ1) is 22.4. The van der Waals surface area contributed by atoms with Crippen LogP contribution in [-0.4, -0.2) is 46.0 Å². The zero-order valence-electron chi connectivity index (χ0n) is 29.3. The Morgan fingerprint density at radius 2 is 1.26 bits per heavy atom. The Labute approximate surface area is 279 Å². The van der Waals surface area contributed by atoms with E-state index in [1.165, 1.54) is 79.0 Å². The number of hydrogen-bond acceptors (Lipinski definition) is 4. The molecule has 0 fully saturated rings. The highest BCUT2D eigenvalue weighted by Gasteiger charge is 2.43. The third-order valence-corrected chi connectivity index (χ3v) is 10.5. The first-order valence-corrected chi connectivity index (χ1v) is 18.8. The van der Waals surface area contributed by atoms with E-state index < -0.39 is 0 Å². The molecule has 6 unspecified atom stereocenters. The van der Waals surface area contributed by atoms with Crippen LogP contribution in [0.3, 0.4) is 0 Å². The molecule has 4 amide bonds. The van der Waals surface area contributed by atoms with Gasteiger partial charge in [-0.25, -0.2) is 0 Å². The van der Waals surface area contributed by atoms with Crippen LogP contribution >= 0.6 is 0 Å². The number of carbonyl (C=O) groups is 4. The van der Waals surface area contributed by atoms with E-state index in [0.717, 1.165) is 64.2 Å². The van der Waals surface area contributed by atoms with Gasteiger partial charge in [-0.05, 0) is 74.5 Å². The van der Waals surface area contributed by atoms with Gasteiger partial charge >= 0.3 is 0 Å². The Morgan fingerprint density at radius 3 is 1.91 bits per heavy atom. The van der Waals surface area contributed by atoms with Gasteiger partial charge in [0.25, 0.3) is 23.6 Å². The third kappa shape index (κ3) is 10.9. The molecule has 3 aliphatic rings. The molecule has 256 valence electrons. The second-order valence-electron chi connectivity index (χ2n) is 13.9. The number of nitrogens with zero attached hydrogens (tertiary/aromatic N) is 2. The lowest BCUT2D eigenvalue weighted by Gasteiger charge is -2.45. The van der Waals surface area contributed by atoms with Gasteiger partial charge in [-0.3, -0.25) is 29.0 Å². The molecule has 2 aliphatic heterocycles. The minimum absolute atomic E-state index is 0.126. The quantitative estimate of drug-likeness (QED) is 0.0638. The zero-order chi connectivity index (χ0) is 33.3. The molecule has 6 nitrogen and oxygen atoms in total. The van der Waals surface area contributed by atoms with E-state index in [2.05, 4.69) is 52.0 Å². The van der Waals surface area contributed by atoms with Crippen LogP contribution in [0.4, 0.5) is 0 Å². The number of unbranched alkanes of at least 4 members (excludes halogenated alkanes) is 8. The average molecular weight is 635 g/mol. The van der Waals surface area contributed by atoms with Crippen LogP contribution in [0.15, 0.2) is 48.6 Å². The monoisotopic (exact) mass is 634 g/mol. The van der Waals surface area contributed by atoms with Gasteiger partial charge in [0.2, 0.25) is 0 Å². The van der Waals surface area contributed by atoms with Gasteiger partial charge in [-0.2, -0.15) is 0 Å². The molecule has 0 spiro atoms. The summed E-state index contributed by atoms with van der Waals surface area (Å²) in [6, 6.07) is -0.158. The highest BCUT2D eigenvalue weighted by Crippen LogP contribution is 2.46. The van der Waals surface area contributed by atoms with Crippen LogP contribution in [0.2, 0.25) is 0 Å². The predicted molar refractivity (Wildman–Crippen MR) is 188 cm³/mol. The molecule has 0 bridgehead atoms. The molecule has 46 heavy (non-hydrogen) atoms. The lowest BCUT2D eigenvalue weighted by Crippen LogP contribution is -2.46. The summed E-state index contributed by atoms with van der Waals surface area (Å²) in [5.74, 6) is 0.481. The molecular formula is C40H62N2O4. The van der Waals surface area contributed by atoms with Crippen molar-refractivity contribution >= 4 is 23.6 Å². The first kappa shape index (κ1) is 37.7. The van der Waals surface area contributed by atoms with Gasteiger partial charge < -0.3 is 0 Å². The third-order valence-electron chi connectivity index (χ3n) is 10.5. The number of hydrogen-bond donors (Lipinski definition) is 0. The summed E-state index contributed by atoms with van der Waals surface area (Å²) in [6.45, 7) is 9.25. The van der Waals surface area contributed by atoms with Crippen LogP contribution in [0.1, 0.15) is 137 Å². The highest BCUT2D eigenvalue weighted by molar-refractivity contribution is 6.13. The summed E-state index contributed by atoms with van der Waals surface area (Å²) in [5.41, 5.74) is 0. The Morgan fingerprint density at radius 1 is 0.652 bits per heavy atom. The Balaban J connectivity index is 2.02. The molecule has 2 heterocycles. The zero-order valence-corrected chi connectivity index (χ0v) is 29.3. The van der Waals surface area contributed by atoms with E-state index in [4.69, 9.17) is 0 Å². The molecule has 0 saturated heterocycles. The van der Waals surface area contributed by atoms with Gasteiger partial charge in [-0.15, -0.1) is 0 Å². The van der Waals surface area contributed by atoms with E-state index in [9.17, 15) is 19.2 Å². The molecule has 0 N–H and O–H groups in total. The summed E-state index contributed by atoms with van der Waals surface area (Å²) < 4.78 is 0. The molecule has 6 atom stereocenters. The van der Waals surface area contributed by atoms with Gasteiger partial charge in [0.1, 0.15) is 0 Å². The van der Waals surface area contributed by atoms with Crippen LogP contribution in [-0.2, 0) is 19.2 Å². The molecule has 0 aromatic carbocycles. The number of allylic oxidation sites excluding steroid dienone is 4. The standard InChI is InChI=1S/C40H62N2O4/c1-5-9-13-15-16-18-22-34-31(20-17-14-10-6-2)23-24-35(32(19-11-7-3)30-41-37(43)25-26-38(41)44)36(34)29-33(21-12-8-4)42-39(45)27-28-40(42)46/h16,18,23-28,31-36H,5-15,17,19-22,29-30H2,1-4H3/b18-16+. The maximum Gasteiger partial charge on any atom is 0.253 e. The molecule has 0 aromatic heterocycles. The predicted octanol–water partition coefficient (Wildman–Crippen LogP) is 9.12. The van der Waals surface area contributed by atoms with Crippen LogP contribution in [0.25, 0.3) is 0 Å². The van der Waals surface area contributed by atoms with E-state index in [0.29, 0.717) is 18.4 Å². The molecule has 0 saturated carbocycles. The largest absolute Gasteiger partial charge is 0.275 e. The second-order valence-corrected chi connectivity index (χ2v) is 13.9. The van der Waals surface area contributed by atoms with Crippen molar-refractivity contribution in [3.05, 3.63) is 48.6 Å². The summed E-state index contributed by atoms with van der Waals surface area (Å²) in [6.07, 6.45) is 33.6. The first-order valence-electron chi connectivity index (χ1n) is 18.8. The fourth-order valence-corrected chi connectivity index (χ4v) is 7.94. The lowest BCUT2D eigenvalue weighted by molar-refractivity contribution is -0.141. The number of imide groups is 2. The van der Waals surface area contributed by atoms with E-state index in [1.54, 1.807) is 0 Å². The SMILES string of the molecule is CCCCC/C=C/CC1C(CCCCCC)C=CC(C(CCCC)CN2C(=O)C=CC2=O)C1CC(CCCC)N1C(=O)C=CC1=O. The molecular weight excluding hydrogens is 572 g/mol. The highest BCUT2D eigenvalue weighted by atomic mass is 16.2. The fraction of sp³-hybridized carbons (Fsp3) is 0.700. The molecule has 0 aromatic rings. The van der Waals surface area contributed by atoms with Crippen molar-refractivity contribution in [3.8, 4) is 0 Å². The van der Waals surface area contributed by atoms with Crippen molar-refractivity contribution in [1.29, 1.82) is 0 Å². The number of rotatable bonds is 23. The van der Waals surface area contributed by atoms with Gasteiger partial charge in [0.05, 0.1) is 0 Å². The van der Waals surface area contributed by atoms with Crippen LogP contribution in [0, 0.1) is 29.6 Å². The van der Waals surface area contributed by atoms with Crippen LogP contribution < -0.4 is 0 Å². The van der Waals surface area contributed by atoms with E-state index in [1.807, 2.05) is 0 Å². The fourth-order valence-electron chi connectivity index (χ4n) is 7.94. The topological polar surface area (TPSA) is 74.8 Å². The smallest absolute Gasteiger partial charge is 0.253 e. The molecule has 0 radical (unpaired) electrons. The molecule has 1 aliphatic carbocycles. The minimum atomic E-state index is -0.219. The Hall–Kier alpha value is -2.76. The minimum Gasteiger partial charge on any atom is -0.275 e. The normalized spacial score (nSPS) is 24.3. The van der Waals surface area contributed by atoms with Crippen LogP contribution in [0.5, 0.6) is 0 Å². The summed E-state index contributed by atoms with van der Waals surface area (Å²) in [7, 11) is 0. The van der Waals surface area contributed by atoms with Gasteiger partial charge in [-0.1, -0.05) is 116 Å². The van der Waals surface area contributed by atoms with E-state index >= 15 is 0 Å². The maximum absolute atomic E-state index is 13.0. The molecule has 3 rings (SSSR count). The summed E-state index contributed by atoms with van der Waals surface area (Å²) >= 11 is 0. The maximum atomic E-state index is 13.0. The Bertz CT molecular complexity index is 1070.